The highest BCUT2D eigenvalue weighted by Gasteiger charge is 2.12. The maximum absolute atomic E-state index is 8.95. The zero-order valence-corrected chi connectivity index (χ0v) is 9.79. The Morgan fingerprint density at radius 3 is 2.53 bits per heavy atom. The minimum atomic E-state index is 0.198. The Morgan fingerprint density at radius 2 is 2.07 bits per heavy atom. The monoisotopic (exact) mass is 212 g/mol. The molecule has 1 aromatic heterocycles. The van der Waals surface area contributed by atoms with Gasteiger partial charge in [-0.25, -0.2) is 0 Å². The molecule has 1 N–H and O–H groups in total. The second kappa shape index (κ2) is 5.88. The van der Waals surface area contributed by atoms with Gasteiger partial charge in [-0.3, -0.25) is 4.90 Å². The van der Waals surface area contributed by atoms with Crippen LogP contribution in [0.2, 0.25) is 0 Å². The average Bonchev–Trinajstić information content (AvgIpc) is 2.50. The van der Waals surface area contributed by atoms with Crippen LogP contribution in [0.5, 0.6) is 0 Å². The highest BCUT2D eigenvalue weighted by Crippen LogP contribution is 2.14. The number of hydrogen-bond donors (Lipinski definition) is 1. The van der Waals surface area contributed by atoms with Crippen molar-refractivity contribution in [3.8, 4) is 0 Å². The zero-order chi connectivity index (χ0) is 11.3. The summed E-state index contributed by atoms with van der Waals surface area (Å²) in [5.74, 6) is 0.881. The molecule has 0 fully saturated rings. The Labute approximate surface area is 90.9 Å². The minimum absolute atomic E-state index is 0.198. The van der Waals surface area contributed by atoms with Crippen molar-refractivity contribution < 1.29 is 9.63 Å². The number of aliphatic hydroxyl groups excluding tert-OH is 1. The number of hydrogen-bond acceptors (Lipinski definition) is 4. The summed E-state index contributed by atoms with van der Waals surface area (Å²) >= 11 is 0. The van der Waals surface area contributed by atoms with Crippen LogP contribution in [0.25, 0.3) is 0 Å². The van der Waals surface area contributed by atoms with Crippen LogP contribution in [-0.4, -0.2) is 34.9 Å². The molecule has 0 aliphatic rings. The van der Waals surface area contributed by atoms with Crippen molar-refractivity contribution in [2.24, 2.45) is 0 Å². The molecule has 1 heterocycles. The van der Waals surface area contributed by atoms with Crippen molar-refractivity contribution in [2.75, 3.05) is 19.7 Å². The van der Waals surface area contributed by atoms with Crippen LogP contribution in [0, 0.1) is 13.8 Å². The van der Waals surface area contributed by atoms with Gasteiger partial charge in [0.15, 0.2) is 0 Å². The molecular formula is C11H20N2O2. The lowest BCUT2D eigenvalue weighted by Gasteiger charge is -2.20. The van der Waals surface area contributed by atoms with Crippen LogP contribution in [0.15, 0.2) is 4.52 Å². The Kier molecular flexibility index (Phi) is 4.78. The third kappa shape index (κ3) is 3.32. The first-order valence-corrected chi connectivity index (χ1v) is 5.44. The van der Waals surface area contributed by atoms with E-state index in [0.29, 0.717) is 6.54 Å². The van der Waals surface area contributed by atoms with E-state index in [-0.39, 0.29) is 6.61 Å². The van der Waals surface area contributed by atoms with E-state index in [9.17, 15) is 0 Å². The highest BCUT2D eigenvalue weighted by atomic mass is 16.5. The molecule has 4 nitrogen and oxygen atoms in total. The zero-order valence-electron chi connectivity index (χ0n) is 9.79. The highest BCUT2D eigenvalue weighted by molar-refractivity contribution is 5.20. The molecule has 1 aromatic rings. The molecule has 0 saturated carbocycles. The summed E-state index contributed by atoms with van der Waals surface area (Å²) in [6.45, 7) is 8.73. The molecule has 0 amide bonds. The molecule has 0 aromatic carbocycles. The van der Waals surface area contributed by atoms with Crippen molar-refractivity contribution >= 4 is 0 Å². The lowest BCUT2D eigenvalue weighted by molar-refractivity contribution is 0.189. The molecular weight excluding hydrogens is 192 g/mol. The van der Waals surface area contributed by atoms with Crippen molar-refractivity contribution in [2.45, 2.75) is 33.7 Å². The Balaban J connectivity index is 2.64. The Hall–Kier alpha value is -0.870. The van der Waals surface area contributed by atoms with Crippen molar-refractivity contribution in [3.05, 3.63) is 17.0 Å². The van der Waals surface area contributed by atoms with Crippen molar-refractivity contribution in [3.63, 3.8) is 0 Å². The van der Waals surface area contributed by atoms with E-state index in [1.54, 1.807) is 0 Å². The molecule has 1 rings (SSSR count). The maximum Gasteiger partial charge on any atom is 0.138 e. The number of aromatic nitrogens is 1. The summed E-state index contributed by atoms with van der Waals surface area (Å²) in [7, 11) is 0. The van der Waals surface area contributed by atoms with Gasteiger partial charge in [-0.2, -0.15) is 0 Å². The van der Waals surface area contributed by atoms with Gasteiger partial charge in [0, 0.05) is 18.7 Å². The smallest absolute Gasteiger partial charge is 0.138 e. The predicted octanol–water partition coefficient (Wildman–Crippen LogP) is 1.50. The second-order valence-corrected chi connectivity index (χ2v) is 3.80. The summed E-state index contributed by atoms with van der Waals surface area (Å²) in [5, 5.41) is 12.9. The fraction of sp³-hybridized carbons (Fsp3) is 0.727. The van der Waals surface area contributed by atoms with Crippen molar-refractivity contribution in [1.82, 2.24) is 10.1 Å². The van der Waals surface area contributed by atoms with E-state index in [4.69, 9.17) is 9.63 Å². The van der Waals surface area contributed by atoms with E-state index in [1.807, 2.05) is 13.8 Å². The predicted molar refractivity (Wildman–Crippen MR) is 58.6 cm³/mol. The van der Waals surface area contributed by atoms with Crippen LogP contribution < -0.4 is 0 Å². The van der Waals surface area contributed by atoms with Gasteiger partial charge in [0.1, 0.15) is 5.76 Å². The summed E-state index contributed by atoms with van der Waals surface area (Å²) in [6.07, 6.45) is 1.09. The first-order valence-electron chi connectivity index (χ1n) is 5.44. The maximum atomic E-state index is 8.95. The topological polar surface area (TPSA) is 49.5 Å². The molecule has 0 saturated heterocycles. The molecule has 0 aliphatic heterocycles. The largest absolute Gasteiger partial charge is 0.395 e. The lowest BCUT2D eigenvalue weighted by Crippen LogP contribution is -2.27. The van der Waals surface area contributed by atoms with E-state index >= 15 is 0 Å². The number of aryl methyl sites for hydroxylation is 2. The fourth-order valence-corrected chi connectivity index (χ4v) is 1.68. The fourth-order valence-electron chi connectivity index (χ4n) is 1.68. The van der Waals surface area contributed by atoms with Crippen LogP contribution in [0.4, 0.5) is 0 Å². The second-order valence-electron chi connectivity index (χ2n) is 3.80. The Bertz CT molecular complexity index is 271. The molecule has 0 spiro atoms. The third-order valence-corrected chi connectivity index (χ3v) is 2.52. The third-order valence-electron chi connectivity index (χ3n) is 2.52. The SMILES string of the molecule is CCCN(CCO)Cc1c(C)noc1C. The molecule has 0 aliphatic carbocycles. The first kappa shape index (κ1) is 12.2. The van der Waals surface area contributed by atoms with Crippen LogP contribution >= 0.6 is 0 Å². The summed E-state index contributed by atoms with van der Waals surface area (Å²) < 4.78 is 5.11. The van der Waals surface area contributed by atoms with Gasteiger partial charge in [0.05, 0.1) is 12.3 Å². The molecule has 0 atom stereocenters. The van der Waals surface area contributed by atoms with Gasteiger partial charge < -0.3 is 9.63 Å². The standard InChI is InChI=1S/C11H20N2O2/c1-4-5-13(6-7-14)8-11-9(2)12-15-10(11)3/h14H,4-8H2,1-3H3. The van der Waals surface area contributed by atoms with E-state index in [0.717, 1.165) is 36.5 Å². The van der Waals surface area contributed by atoms with E-state index in [1.165, 1.54) is 0 Å². The van der Waals surface area contributed by atoms with Gasteiger partial charge in [-0.1, -0.05) is 12.1 Å². The molecule has 0 unspecified atom stereocenters. The van der Waals surface area contributed by atoms with Gasteiger partial charge >= 0.3 is 0 Å². The van der Waals surface area contributed by atoms with Gasteiger partial charge in [0.25, 0.3) is 0 Å². The quantitative estimate of drug-likeness (QED) is 0.776. The number of rotatable bonds is 6. The molecule has 86 valence electrons. The van der Waals surface area contributed by atoms with Gasteiger partial charge in [0.2, 0.25) is 0 Å². The number of aliphatic hydroxyl groups is 1. The number of nitrogens with zero attached hydrogens (tertiary/aromatic N) is 2. The average molecular weight is 212 g/mol. The summed E-state index contributed by atoms with van der Waals surface area (Å²) in [6, 6.07) is 0. The van der Waals surface area contributed by atoms with Gasteiger partial charge in [-0.05, 0) is 26.8 Å². The summed E-state index contributed by atoms with van der Waals surface area (Å²) in [5.41, 5.74) is 2.10. The summed E-state index contributed by atoms with van der Waals surface area (Å²) in [4.78, 5) is 2.21. The van der Waals surface area contributed by atoms with Crippen LogP contribution in [0.3, 0.4) is 0 Å². The van der Waals surface area contributed by atoms with Crippen molar-refractivity contribution in [1.29, 1.82) is 0 Å². The Morgan fingerprint density at radius 1 is 1.33 bits per heavy atom. The molecule has 0 bridgehead atoms. The van der Waals surface area contributed by atoms with Crippen LogP contribution in [0.1, 0.15) is 30.4 Å². The minimum Gasteiger partial charge on any atom is -0.395 e. The van der Waals surface area contributed by atoms with E-state index in [2.05, 4.69) is 17.0 Å². The van der Waals surface area contributed by atoms with Gasteiger partial charge in [-0.15, -0.1) is 0 Å². The normalized spacial score (nSPS) is 11.3. The molecule has 0 radical (unpaired) electrons. The molecule has 15 heavy (non-hydrogen) atoms. The van der Waals surface area contributed by atoms with E-state index < -0.39 is 0 Å². The lowest BCUT2D eigenvalue weighted by atomic mass is 10.2. The first-order chi connectivity index (χ1) is 7.19. The molecule has 4 heteroatoms. The van der Waals surface area contributed by atoms with Crippen LogP contribution in [-0.2, 0) is 6.54 Å².